The number of aliphatic carboxylic acids is 1. The Morgan fingerprint density at radius 2 is 1.77 bits per heavy atom. The summed E-state index contributed by atoms with van der Waals surface area (Å²) in [6, 6.07) is 3.93. The van der Waals surface area contributed by atoms with Gasteiger partial charge < -0.3 is 15.5 Å². The fourth-order valence-electron chi connectivity index (χ4n) is 1.68. The zero-order valence-corrected chi connectivity index (χ0v) is 12.1. The Balaban J connectivity index is 2.82. The molecule has 5 nitrogen and oxygen atoms in total. The van der Waals surface area contributed by atoms with Crippen molar-refractivity contribution in [3.05, 3.63) is 29.8 Å². The Morgan fingerprint density at radius 1 is 1.23 bits per heavy atom. The van der Waals surface area contributed by atoms with Gasteiger partial charge in [0.25, 0.3) is 0 Å². The van der Waals surface area contributed by atoms with Crippen LogP contribution in [-0.2, 0) is 16.0 Å². The lowest BCUT2D eigenvalue weighted by Crippen LogP contribution is -2.48. The Morgan fingerprint density at radius 3 is 2.18 bits per heavy atom. The zero-order chi connectivity index (χ0) is 16.9. The highest BCUT2D eigenvalue weighted by Crippen LogP contribution is 2.27. The van der Waals surface area contributed by atoms with E-state index in [4.69, 9.17) is 10.2 Å². The molecule has 2 atom stereocenters. The van der Waals surface area contributed by atoms with Gasteiger partial charge in [0.1, 0.15) is 17.7 Å². The highest BCUT2D eigenvalue weighted by Gasteiger charge is 2.44. The number of hydrogen-bond donors (Lipinski definition) is 4. The summed E-state index contributed by atoms with van der Waals surface area (Å²) in [6.45, 7) is 0. The molecule has 1 amide bonds. The highest BCUT2D eigenvalue weighted by molar-refractivity contribution is 7.80. The van der Waals surface area contributed by atoms with Crippen molar-refractivity contribution in [3.8, 4) is 5.75 Å². The van der Waals surface area contributed by atoms with Crippen LogP contribution in [0.25, 0.3) is 0 Å². The first kappa shape index (κ1) is 18.1. The number of rotatable bonds is 6. The van der Waals surface area contributed by atoms with Gasteiger partial charge in [-0.05, 0) is 17.7 Å². The van der Waals surface area contributed by atoms with Crippen molar-refractivity contribution in [1.82, 2.24) is 5.32 Å². The lowest BCUT2D eigenvalue weighted by Gasteiger charge is -2.21. The van der Waals surface area contributed by atoms with Crippen LogP contribution >= 0.6 is 12.6 Å². The fraction of sp³-hybridized carbons (Fsp3) is 0.385. The number of carboxylic acids is 1. The fourth-order valence-corrected chi connectivity index (χ4v) is 2.05. The average Bonchev–Trinajstić information content (AvgIpc) is 2.39. The Bertz CT molecular complexity index is 533. The Hall–Kier alpha value is -1.90. The normalized spacial score (nSPS) is 14.2. The number of benzene rings is 1. The summed E-state index contributed by atoms with van der Waals surface area (Å²) >= 11 is 3.48. The number of nitrogens with one attached hydrogen (secondary N) is 1. The van der Waals surface area contributed by atoms with E-state index in [-0.39, 0.29) is 12.2 Å². The van der Waals surface area contributed by atoms with Crippen molar-refractivity contribution >= 4 is 24.5 Å². The van der Waals surface area contributed by atoms with Crippen LogP contribution in [0.15, 0.2) is 24.3 Å². The van der Waals surface area contributed by atoms with E-state index in [1.165, 1.54) is 24.3 Å². The first-order chi connectivity index (χ1) is 10.1. The molecule has 0 bridgehead atoms. The number of carboxylic acid groups (broad SMARTS) is 1. The van der Waals surface area contributed by atoms with Crippen molar-refractivity contribution in [2.24, 2.45) is 5.92 Å². The van der Waals surface area contributed by atoms with Crippen molar-refractivity contribution in [2.75, 3.05) is 5.75 Å². The molecule has 0 aliphatic carbocycles. The number of aromatic hydroxyl groups is 1. The maximum absolute atomic E-state index is 12.6. The van der Waals surface area contributed by atoms with E-state index in [9.17, 15) is 22.8 Å². The summed E-state index contributed by atoms with van der Waals surface area (Å²) in [7, 11) is 0. The van der Waals surface area contributed by atoms with Crippen LogP contribution in [0.5, 0.6) is 5.75 Å². The second kappa shape index (κ2) is 7.39. The number of hydrogen-bond acceptors (Lipinski definition) is 4. The van der Waals surface area contributed by atoms with Crippen molar-refractivity contribution in [2.45, 2.75) is 18.6 Å². The third kappa shape index (κ3) is 5.14. The summed E-state index contributed by atoms with van der Waals surface area (Å²) < 4.78 is 37.8. The van der Waals surface area contributed by atoms with Gasteiger partial charge in [0.05, 0.1) is 0 Å². The van der Waals surface area contributed by atoms with Gasteiger partial charge in [-0.3, -0.25) is 4.79 Å². The molecule has 0 aliphatic heterocycles. The predicted molar refractivity (Wildman–Crippen MR) is 74.8 cm³/mol. The van der Waals surface area contributed by atoms with Crippen molar-refractivity contribution in [1.29, 1.82) is 0 Å². The van der Waals surface area contributed by atoms with E-state index in [1.54, 1.807) is 0 Å². The lowest BCUT2D eigenvalue weighted by atomic mass is 10.0. The average molecular weight is 337 g/mol. The molecule has 0 heterocycles. The number of halogens is 3. The standard InChI is InChI=1S/C13H14F3NO4S/c14-13(15,16)9(6-22)11(19)17-10(12(20)21)5-7-1-3-8(18)4-2-7/h1-4,9-10,18,22H,5-6H2,(H,17,19)(H,20,21)/t9?,10-/m0/s1. The first-order valence-electron chi connectivity index (χ1n) is 6.13. The quantitative estimate of drug-likeness (QED) is 0.594. The monoisotopic (exact) mass is 337 g/mol. The predicted octanol–water partition coefficient (Wildman–Crippen LogP) is 1.61. The lowest BCUT2D eigenvalue weighted by molar-refractivity contribution is -0.178. The molecule has 1 aromatic carbocycles. The summed E-state index contributed by atoms with van der Waals surface area (Å²) in [4.78, 5) is 22.7. The van der Waals surface area contributed by atoms with Gasteiger partial charge in [0.15, 0.2) is 0 Å². The summed E-state index contributed by atoms with van der Waals surface area (Å²) in [6.07, 6.45) is -5.01. The summed E-state index contributed by atoms with van der Waals surface area (Å²) in [5.74, 6) is -6.08. The smallest absolute Gasteiger partial charge is 0.401 e. The van der Waals surface area contributed by atoms with E-state index in [0.29, 0.717) is 5.56 Å². The molecule has 0 radical (unpaired) electrons. The summed E-state index contributed by atoms with van der Waals surface area (Å²) in [5, 5.41) is 20.0. The molecule has 0 aliphatic rings. The second-order valence-electron chi connectivity index (χ2n) is 4.55. The van der Waals surface area contributed by atoms with E-state index in [0.717, 1.165) is 0 Å². The van der Waals surface area contributed by atoms with Crippen LogP contribution in [0.1, 0.15) is 5.56 Å². The molecule has 0 saturated carbocycles. The van der Waals surface area contributed by atoms with E-state index < -0.39 is 35.8 Å². The molecule has 22 heavy (non-hydrogen) atoms. The van der Waals surface area contributed by atoms with Gasteiger partial charge >= 0.3 is 12.1 Å². The van der Waals surface area contributed by atoms with E-state index in [1.807, 2.05) is 5.32 Å². The molecule has 3 N–H and O–H groups in total. The molecule has 0 aromatic heterocycles. The number of amides is 1. The van der Waals surface area contributed by atoms with E-state index in [2.05, 4.69) is 12.6 Å². The summed E-state index contributed by atoms with van der Waals surface area (Å²) in [5.41, 5.74) is 0.444. The minimum absolute atomic E-state index is 0.0353. The van der Waals surface area contributed by atoms with Crippen molar-refractivity contribution < 1.29 is 33.0 Å². The molecule has 9 heteroatoms. The topological polar surface area (TPSA) is 86.6 Å². The van der Waals surface area contributed by atoms with Crippen LogP contribution in [0.4, 0.5) is 13.2 Å². The number of thiol groups is 1. The number of alkyl halides is 3. The molecule has 1 aromatic rings. The van der Waals surface area contributed by atoms with Gasteiger partial charge in [0.2, 0.25) is 5.91 Å². The molecule has 122 valence electrons. The minimum atomic E-state index is -4.80. The van der Waals surface area contributed by atoms with Crippen LogP contribution in [0.2, 0.25) is 0 Å². The Labute approximate surface area is 129 Å². The molecular formula is C13H14F3NO4S. The Kier molecular flexibility index (Phi) is 6.10. The second-order valence-corrected chi connectivity index (χ2v) is 4.91. The molecule has 0 saturated heterocycles. The van der Waals surface area contributed by atoms with Gasteiger partial charge in [-0.15, -0.1) is 0 Å². The minimum Gasteiger partial charge on any atom is -0.508 e. The van der Waals surface area contributed by atoms with E-state index >= 15 is 0 Å². The maximum atomic E-state index is 12.6. The molecule has 1 unspecified atom stereocenters. The maximum Gasteiger partial charge on any atom is 0.401 e. The van der Waals surface area contributed by atoms with Crippen molar-refractivity contribution in [3.63, 3.8) is 0 Å². The van der Waals surface area contributed by atoms with Gasteiger partial charge in [-0.2, -0.15) is 25.8 Å². The van der Waals surface area contributed by atoms with Gasteiger partial charge in [0, 0.05) is 12.2 Å². The molecule has 1 rings (SSSR count). The molecule has 0 spiro atoms. The molecule has 0 fully saturated rings. The number of phenols is 1. The van der Waals surface area contributed by atoms with Crippen LogP contribution in [-0.4, -0.2) is 40.1 Å². The van der Waals surface area contributed by atoms with Gasteiger partial charge in [-0.1, -0.05) is 12.1 Å². The van der Waals surface area contributed by atoms with Crippen LogP contribution in [0, 0.1) is 5.92 Å². The van der Waals surface area contributed by atoms with Gasteiger partial charge in [-0.25, -0.2) is 4.79 Å². The zero-order valence-electron chi connectivity index (χ0n) is 11.2. The number of carbonyl (C=O) groups is 2. The number of carbonyl (C=O) groups excluding carboxylic acids is 1. The number of phenolic OH excluding ortho intramolecular Hbond substituents is 1. The third-order valence-corrected chi connectivity index (χ3v) is 3.25. The SMILES string of the molecule is O=C(N[C@@H](Cc1ccc(O)cc1)C(=O)O)C(CS)C(F)(F)F. The van der Waals surface area contributed by atoms with Crippen LogP contribution in [0.3, 0.4) is 0 Å². The first-order valence-corrected chi connectivity index (χ1v) is 6.77. The highest BCUT2D eigenvalue weighted by atomic mass is 32.1. The largest absolute Gasteiger partial charge is 0.508 e. The third-order valence-electron chi connectivity index (χ3n) is 2.88. The van der Waals surface area contributed by atoms with Crippen LogP contribution < -0.4 is 5.32 Å². The molecular weight excluding hydrogens is 323 g/mol.